The van der Waals surface area contributed by atoms with E-state index in [1.54, 1.807) is 47.4 Å². The van der Waals surface area contributed by atoms with Crippen LogP contribution in [0.2, 0.25) is 0 Å². The minimum atomic E-state index is -0.495. The molecule has 0 aliphatic carbocycles. The van der Waals surface area contributed by atoms with E-state index in [1.807, 2.05) is 0 Å². The molecule has 0 saturated carbocycles. The summed E-state index contributed by atoms with van der Waals surface area (Å²) in [6.45, 7) is 0.487. The number of likely N-dealkylation sites (tertiary alicyclic amines) is 1. The van der Waals surface area contributed by atoms with Crippen LogP contribution in [0.4, 0.5) is 11.4 Å². The van der Waals surface area contributed by atoms with Gasteiger partial charge < -0.3 is 19.7 Å². The van der Waals surface area contributed by atoms with Crippen LogP contribution in [0.1, 0.15) is 24.8 Å². The van der Waals surface area contributed by atoms with Crippen molar-refractivity contribution in [3.63, 3.8) is 0 Å². The van der Waals surface area contributed by atoms with E-state index in [4.69, 9.17) is 9.47 Å². The third-order valence-electron chi connectivity index (χ3n) is 5.89. The lowest BCUT2D eigenvalue weighted by Crippen LogP contribution is -2.28. The Labute approximate surface area is 191 Å². The Hall–Kier alpha value is -3.88. The molecule has 4 rings (SSSR count). The van der Waals surface area contributed by atoms with E-state index in [0.29, 0.717) is 22.9 Å². The van der Waals surface area contributed by atoms with Crippen LogP contribution in [0, 0.1) is 5.92 Å². The summed E-state index contributed by atoms with van der Waals surface area (Å²) in [5.41, 5.74) is 2.02. The first kappa shape index (κ1) is 22.3. The first-order valence-electron chi connectivity index (χ1n) is 10.6. The Balaban J connectivity index is 1.38. The summed E-state index contributed by atoms with van der Waals surface area (Å²) >= 11 is 0. The van der Waals surface area contributed by atoms with Crippen LogP contribution in [0.3, 0.4) is 0 Å². The smallest absolute Gasteiger partial charge is 0.229 e. The van der Waals surface area contributed by atoms with Gasteiger partial charge in [0.2, 0.25) is 23.6 Å². The predicted octanol–water partition coefficient (Wildman–Crippen LogP) is 2.34. The fourth-order valence-electron chi connectivity index (χ4n) is 4.05. The number of carbonyl (C=O) groups excluding carboxylic acids is 4. The normalized spacial score (nSPS) is 18.1. The summed E-state index contributed by atoms with van der Waals surface area (Å²) in [6.07, 6.45) is 0.623. The predicted molar refractivity (Wildman–Crippen MR) is 120 cm³/mol. The van der Waals surface area contributed by atoms with Gasteiger partial charge in [-0.1, -0.05) is 12.1 Å². The van der Waals surface area contributed by atoms with Gasteiger partial charge in [0.05, 0.1) is 26.7 Å². The van der Waals surface area contributed by atoms with E-state index in [0.717, 1.165) is 5.56 Å². The van der Waals surface area contributed by atoms with E-state index in [1.165, 1.54) is 19.1 Å². The topological polar surface area (TPSA) is 105 Å². The van der Waals surface area contributed by atoms with Crippen LogP contribution < -0.4 is 19.7 Å². The van der Waals surface area contributed by atoms with Gasteiger partial charge in [-0.3, -0.25) is 24.1 Å². The van der Waals surface area contributed by atoms with Crippen molar-refractivity contribution in [1.29, 1.82) is 0 Å². The van der Waals surface area contributed by atoms with Crippen molar-refractivity contribution >= 4 is 35.0 Å². The van der Waals surface area contributed by atoms with E-state index in [2.05, 4.69) is 5.32 Å². The fraction of sp³-hybridized carbons (Fsp3) is 0.333. The van der Waals surface area contributed by atoms with Gasteiger partial charge in [-0.25, -0.2) is 0 Å². The molecule has 4 amide bonds. The first-order valence-corrected chi connectivity index (χ1v) is 10.6. The van der Waals surface area contributed by atoms with Crippen molar-refractivity contribution < 1.29 is 28.7 Å². The van der Waals surface area contributed by atoms with Gasteiger partial charge in [-0.05, 0) is 29.8 Å². The molecule has 1 atom stereocenters. The number of carbonyl (C=O) groups is 4. The van der Waals surface area contributed by atoms with Gasteiger partial charge >= 0.3 is 0 Å². The van der Waals surface area contributed by atoms with Crippen molar-refractivity contribution in [3.8, 4) is 11.5 Å². The number of imide groups is 1. The number of rotatable bonds is 7. The van der Waals surface area contributed by atoms with Crippen LogP contribution in [-0.4, -0.2) is 49.3 Å². The molecule has 9 nitrogen and oxygen atoms in total. The lowest BCUT2D eigenvalue weighted by Gasteiger charge is -2.18. The van der Waals surface area contributed by atoms with Crippen LogP contribution in [0.25, 0.3) is 0 Å². The molecule has 172 valence electrons. The van der Waals surface area contributed by atoms with Crippen LogP contribution in [-0.2, 0) is 25.7 Å². The highest BCUT2D eigenvalue weighted by atomic mass is 16.5. The molecule has 1 unspecified atom stereocenters. The van der Waals surface area contributed by atoms with Gasteiger partial charge in [0.25, 0.3) is 0 Å². The lowest BCUT2D eigenvalue weighted by molar-refractivity contribution is -0.139. The summed E-state index contributed by atoms with van der Waals surface area (Å²) in [5, 5.41) is 2.85. The highest BCUT2D eigenvalue weighted by Crippen LogP contribution is 2.34. The summed E-state index contributed by atoms with van der Waals surface area (Å²) in [4.78, 5) is 51.7. The molecule has 2 aliphatic heterocycles. The average Bonchev–Trinajstić information content (AvgIpc) is 3.37. The van der Waals surface area contributed by atoms with Gasteiger partial charge in [0.1, 0.15) is 0 Å². The Bertz CT molecular complexity index is 1080. The number of anilines is 2. The third-order valence-corrected chi connectivity index (χ3v) is 5.89. The van der Waals surface area contributed by atoms with E-state index in [9.17, 15) is 19.2 Å². The maximum atomic E-state index is 12.8. The number of nitrogens with zero attached hydrogens (tertiary/aromatic N) is 2. The van der Waals surface area contributed by atoms with Crippen molar-refractivity contribution in [2.45, 2.75) is 25.8 Å². The second-order valence-corrected chi connectivity index (χ2v) is 8.00. The first-order chi connectivity index (χ1) is 15.9. The third kappa shape index (κ3) is 4.67. The van der Waals surface area contributed by atoms with Gasteiger partial charge in [-0.2, -0.15) is 0 Å². The monoisotopic (exact) mass is 451 g/mol. The van der Waals surface area contributed by atoms with E-state index < -0.39 is 5.92 Å². The van der Waals surface area contributed by atoms with Gasteiger partial charge in [0.15, 0.2) is 11.5 Å². The molecule has 2 heterocycles. The van der Waals surface area contributed by atoms with E-state index in [-0.39, 0.29) is 56.0 Å². The summed E-state index contributed by atoms with van der Waals surface area (Å²) in [6, 6.07) is 12.2. The minimum absolute atomic E-state index is 0.109. The van der Waals surface area contributed by atoms with Crippen molar-refractivity contribution in [1.82, 2.24) is 4.90 Å². The largest absolute Gasteiger partial charge is 0.493 e. The molecule has 0 bridgehead atoms. The molecule has 0 spiro atoms. The number of methoxy groups -OCH3 is 2. The quantitative estimate of drug-likeness (QED) is 0.648. The summed E-state index contributed by atoms with van der Waals surface area (Å²) in [7, 11) is 3.06. The highest BCUT2D eigenvalue weighted by Gasteiger charge is 2.35. The van der Waals surface area contributed by atoms with E-state index >= 15 is 0 Å². The van der Waals surface area contributed by atoms with Crippen LogP contribution in [0.15, 0.2) is 42.5 Å². The molecule has 2 aliphatic rings. The lowest BCUT2D eigenvalue weighted by atomic mass is 10.1. The number of nitrogens with one attached hydrogen (secondary N) is 1. The molecular weight excluding hydrogens is 426 g/mol. The SMILES string of the molecule is COc1ccc(N2CC(C(=O)Nc3ccc(CN4C(=O)CCC4=O)cc3)CC2=O)cc1OC. The standard InChI is InChI=1S/C24H25N3O6/c1-32-19-8-7-18(12-20(19)33-2)26-14-16(11-23(26)30)24(31)25-17-5-3-15(4-6-17)13-27-21(28)9-10-22(27)29/h3-8,12,16H,9-11,13-14H2,1-2H3,(H,25,31). The zero-order valence-electron chi connectivity index (χ0n) is 18.5. The second-order valence-electron chi connectivity index (χ2n) is 8.00. The molecular formula is C24H25N3O6. The average molecular weight is 451 g/mol. The fourth-order valence-corrected chi connectivity index (χ4v) is 4.05. The molecule has 2 saturated heterocycles. The highest BCUT2D eigenvalue weighted by molar-refractivity contribution is 6.04. The molecule has 9 heteroatoms. The number of amides is 4. The van der Waals surface area contributed by atoms with Crippen molar-refractivity contribution in [2.75, 3.05) is 31.0 Å². The number of hydrogen-bond donors (Lipinski definition) is 1. The number of benzene rings is 2. The maximum absolute atomic E-state index is 12.8. The summed E-state index contributed by atoms with van der Waals surface area (Å²) < 4.78 is 10.5. The second kappa shape index (κ2) is 9.32. The number of hydrogen-bond acceptors (Lipinski definition) is 6. The molecule has 33 heavy (non-hydrogen) atoms. The Kier molecular flexibility index (Phi) is 6.30. The molecule has 2 fully saturated rings. The Morgan fingerprint density at radius 2 is 1.61 bits per heavy atom. The number of ether oxygens (including phenoxy) is 2. The molecule has 1 N–H and O–H groups in total. The zero-order valence-corrected chi connectivity index (χ0v) is 18.5. The molecule has 0 radical (unpaired) electrons. The molecule has 2 aromatic rings. The Morgan fingerprint density at radius 1 is 0.939 bits per heavy atom. The van der Waals surface area contributed by atoms with Crippen molar-refractivity contribution in [2.24, 2.45) is 5.92 Å². The van der Waals surface area contributed by atoms with Gasteiger partial charge in [-0.15, -0.1) is 0 Å². The molecule has 0 aromatic heterocycles. The van der Waals surface area contributed by atoms with Crippen LogP contribution in [0.5, 0.6) is 11.5 Å². The molecule has 2 aromatic carbocycles. The van der Waals surface area contributed by atoms with Crippen molar-refractivity contribution in [3.05, 3.63) is 48.0 Å². The zero-order chi connectivity index (χ0) is 23.5. The van der Waals surface area contributed by atoms with Gasteiger partial charge in [0, 0.05) is 43.2 Å². The van der Waals surface area contributed by atoms with Crippen LogP contribution >= 0.6 is 0 Å². The minimum Gasteiger partial charge on any atom is -0.493 e. The summed E-state index contributed by atoms with van der Waals surface area (Å²) in [5.74, 6) is -0.145. The maximum Gasteiger partial charge on any atom is 0.229 e. The Morgan fingerprint density at radius 3 is 2.24 bits per heavy atom.